The lowest BCUT2D eigenvalue weighted by molar-refractivity contribution is -0.116. The second kappa shape index (κ2) is 8.31. The maximum Gasteiger partial charge on any atom is 0.123 e. The normalized spacial score (nSPS) is 26.5. The summed E-state index contributed by atoms with van der Waals surface area (Å²) in [5.74, 6) is 0.973. The van der Waals surface area contributed by atoms with Crippen molar-refractivity contribution in [2.24, 2.45) is 0 Å². The first kappa shape index (κ1) is 20.0. The number of fused-ring (bicyclic) bond motifs is 2. The summed E-state index contributed by atoms with van der Waals surface area (Å²) in [6.45, 7) is 7.17. The van der Waals surface area contributed by atoms with Crippen LogP contribution in [0.15, 0.2) is 54.6 Å². The third-order valence-corrected chi connectivity index (χ3v) is 7.17. The molecule has 2 atom stereocenters. The molecule has 1 N–H and O–H groups in total. The molecule has 3 aliphatic rings. The largest absolute Gasteiger partial charge is 0.496 e. The van der Waals surface area contributed by atoms with E-state index in [1.54, 1.807) is 7.11 Å². The standard InChI is InChI=1S/C25H33N3O2/c1-30-24-10-6-5-9-21(24)14-27-18-25(19-27)17-26(12-11-20-7-3-2-4-8-20)15-22-13-23(29)16-28(22)25/h2-10,22-23,29H,11-19H2,1H3. The molecule has 0 radical (unpaired) electrons. The molecular formula is C25H33N3O2. The summed E-state index contributed by atoms with van der Waals surface area (Å²) in [5.41, 5.74) is 2.84. The highest BCUT2D eigenvalue weighted by atomic mass is 16.5. The first-order valence-electron chi connectivity index (χ1n) is 11.2. The van der Waals surface area contributed by atoms with Crippen LogP contribution >= 0.6 is 0 Å². The van der Waals surface area contributed by atoms with Gasteiger partial charge in [0.25, 0.3) is 0 Å². The minimum atomic E-state index is -0.177. The molecule has 5 heteroatoms. The Balaban J connectivity index is 1.26. The fraction of sp³-hybridized carbons (Fsp3) is 0.520. The molecule has 3 heterocycles. The van der Waals surface area contributed by atoms with E-state index in [0.29, 0.717) is 6.04 Å². The molecule has 0 aromatic heterocycles. The van der Waals surface area contributed by atoms with E-state index in [4.69, 9.17) is 4.74 Å². The fourth-order valence-corrected chi connectivity index (χ4v) is 5.87. The summed E-state index contributed by atoms with van der Waals surface area (Å²) < 4.78 is 5.55. The van der Waals surface area contributed by atoms with Gasteiger partial charge in [0.05, 0.1) is 18.8 Å². The van der Waals surface area contributed by atoms with E-state index in [9.17, 15) is 5.11 Å². The van der Waals surface area contributed by atoms with Gasteiger partial charge in [0.2, 0.25) is 0 Å². The van der Waals surface area contributed by atoms with Crippen LogP contribution in [0.1, 0.15) is 17.5 Å². The molecule has 0 aliphatic carbocycles. The number of hydrogen-bond acceptors (Lipinski definition) is 5. The van der Waals surface area contributed by atoms with Crippen molar-refractivity contribution in [1.82, 2.24) is 14.7 Å². The van der Waals surface area contributed by atoms with Crippen molar-refractivity contribution in [2.45, 2.75) is 37.1 Å². The van der Waals surface area contributed by atoms with Crippen LogP contribution in [-0.2, 0) is 13.0 Å². The molecule has 2 unspecified atom stereocenters. The van der Waals surface area contributed by atoms with Crippen molar-refractivity contribution in [2.75, 3.05) is 46.4 Å². The number of hydrogen-bond donors (Lipinski definition) is 1. The van der Waals surface area contributed by atoms with E-state index >= 15 is 0 Å². The summed E-state index contributed by atoms with van der Waals surface area (Å²) in [5, 5.41) is 10.4. The Morgan fingerprint density at radius 3 is 2.50 bits per heavy atom. The number of rotatable bonds is 6. The summed E-state index contributed by atoms with van der Waals surface area (Å²) in [7, 11) is 1.75. The average molecular weight is 408 g/mol. The van der Waals surface area contributed by atoms with Crippen molar-refractivity contribution < 1.29 is 9.84 Å². The summed E-state index contributed by atoms with van der Waals surface area (Å²) in [4.78, 5) is 7.81. The molecule has 0 bridgehead atoms. The molecule has 30 heavy (non-hydrogen) atoms. The first-order chi connectivity index (χ1) is 14.6. The highest BCUT2D eigenvalue weighted by Gasteiger charge is 2.55. The van der Waals surface area contributed by atoms with E-state index < -0.39 is 0 Å². The molecule has 2 aromatic carbocycles. The predicted octanol–water partition coefficient (Wildman–Crippen LogP) is 2.24. The molecule has 2 aromatic rings. The summed E-state index contributed by atoms with van der Waals surface area (Å²) in [6, 6.07) is 19.6. The molecule has 160 valence electrons. The van der Waals surface area contributed by atoms with Crippen LogP contribution in [0, 0.1) is 0 Å². The van der Waals surface area contributed by atoms with Gasteiger partial charge in [-0.15, -0.1) is 0 Å². The fourth-order valence-electron chi connectivity index (χ4n) is 5.87. The van der Waals surface area contributed by atoms with E-state index in [1.807, 2.05) is 12.1 Å². The highest BCUT2D eigenvalue weighted by Crippen LogP contribution is 2.40. The Morgan fingerprint density at radius 2 is 1.70 bits per heavy atom. The molecule has 5 rings (SSSR count). The topological polar surface area (TPSA) is 39.2 Å². The zero-order valence-electron chi connectivity index (χ0n) is 17.9. The lowest BCUT2D eigenvalue weighted by Gasteiger charge is -2.61. The van der Waals surface area contributed by atoms with Crippen LogP contribution in [0.25, 0.3) is 0 Å². The van der Waals surface area contributed by atoms with Crippen LogP contribution in [0.2, 0.25) is 0 Å². The van der Waals surface area contributed by atoms with E-state index in [-0.39, 0.29) is 11.6 Å². The van der Waals surface area contributed by atoms with Crippen LogP contribution in [0.3, 0.4) is 0 Å². The predicted molar refractivity (Wildman–Crippen MR) is 119 cm³/mol. The van der Waals surface area contributed by atoms with Gasteiger partial charge in [-0.25, -0.2) is 0 Å². The number of benzene rings is 2. The third-order valence-electron chi connectivity index (χ3n) is 7.17. The van der Waals surface area contributed by atoms with Gasteiger partial charge < -0.3 is 9.84 Å². The molecular weight excluding hydrogens is 374 g/mol. The molecule has 5 nitrogen and oxygen atoms in total. The van der Waals surface area contributed by atoms with E-state index in [0.717, 1.165) is 64.4 Å². The number of nitrogens with zero attached hydrogens (tertiary/aromatic N) is 3. The van der Waals surface area contributed by atoms with Gasteiger partial charge in [0, 0.05) is 57.4 Å². The SMILES string of the molecule is COc1ccccc1CN1CC2(CN(CCc3ccccc3)CC3CC(O)CN32)C1. The number of para-hydroxylation sites is 1. The molecule has 0 amide bonds. The average Bonchev–Trinajstić information content (AvgIpc) is 3.13. The van der Waals surface area contributed by atoms with Gasteiger partial charge in [-0.2, -0.15) is 0 Å². The Labute approximate surface area is 179 Å². The Bertz CT molecular complexity index is 852. The van der Waals surface area contributed by atoms with Crippen molar-refractivity contribution in [3.05, 3.63) is 65.7 Å². The smallest absolute Gasteiger partial charge is 0.123 e. The minimum Gasteiger partial charge on any atom is -0.496 e. The van der Waals surface area contributed by atoms with Gasteiger partial charge in [-0.3, -0.25) is 14.7 Å². The number of methoxy groups -OCH3 is 1. The second-order valence-electron chi connectivity index (χ2n) is 9.35. The first-order valence-corrected chi connectivity index (χ1v) is 11.2. The van der Waals surface area contributed by atoms with Gasteiger partial charge in [0.15, 0.2) is 0 Å². The number of β-amino-alcohol motifs (C(OH)–C–C–N with tert-alkyl or cyclic N) is 1. The molecule has 3 fully saturated rings. The molecule has 3 saturated heterocycles. The molecule has 0 saturated carbocycles. The Kier molecular flexibility index (Phi) is 5.54. The van der Waals surface area contributed by atoms with E-state index in [2.05, 4.69) is 57.2 Å². The second-order valence-corrected chi connectivity index (χ2v) is 9.35. The minimum absolute atomic E-state index is 0.177. The van der Waals surface area contributed by atoms with Crippen LogP contribution in [0.5, 0.6) is 5.75 Å². The number of likely N-dealkylation sites (tertiary alicyclic amines) is 1. The van der Waals surface area contributed by atoms with Crippen molar-refractivity contribution >= 4 is 0 Å². The zero-order chi connectivity index (χ0) is 20.6. The number of ether oxygens (including phenoxy) is 1. The van der Waals surface area contributed by atoms with E-state index in [1.165, 1.54) is 11.1 Å². The van der Waals surface area contributed by atoms with Gasteiger partial charge in [-0.05, 0) is 24.5 Å². The molecule has 3 aliphatic heterocycles. The van der Waals surface area contributed by atoms with Gasteiger partial charge >= 0.3 is 0 Å². The number of aliphatic hydroxyl groups excluding tert-OH is 1. The van der Waals surface area contributed by atoms with Gasteiger partial charge in [-0.1, -0.05) is 48.5 Å². The Morgan fingerprint density at radius 1 is 0.967 bits per heavy atom. The maximum atomic E-state index is 10.4. The van der Waals surface area contributed by atoms with Crippen molar-refractivity contribution in [1.29, 1.82) is 0 Å². The number of piperazine rings is 1. The maximum absolute atomic E-state index is 10.4. The van der Waals surface area contributed by atoms with Crippen LogP contribution < -0.4 is 4.74 Å². The quantitative estimate of drug-likeness (QED) is 0.795. The summed E-state index contributed by atoms with van der Waals surface area (Å²) in [6.07, 6.45) is 1.83. The van der Waals surface area contributed by atoms with Crippen molar-refractivity contribution in [3.63, 3.8) is 0 Å². The lowest BCUT2D eigenvalue weighted by atomic mass is 9.83. The lowest BCUT2D eigenvalue weighted by Crippen LogP contribution is -2.77. The molecule has 1 spiro atoms. The monoisotopic (exact) mass is 407 g/mol. The highest BCUT2D eigenvalue weighted by molar-refractivity contribution is 5.33. The Hall–Kier alpha value is -1.92. The van der Waals surface area contributed by atoms with Crippen molar-refractivity contribution in [3.8, 4) is 5.75 Å². The number of aliphatic hydroxyl groups is 1. The van der Waals surface area contributed by atoms with Crippen LogP contribution in [0.4, 0.5) is 0 Å². The van der Waals surface area contributed by atoms with Gasteiger partial charge in [0.1, 0.15) is 5.75 Å². The zero-order valence-corrected chi connectivity index (χ0v) is 17.9. The third kappa shape index (κ3) is 3.87. The van der Waals surface area contributed by atoms with Crippen LogP contribution in [-0.4, -0.2) is 83.9 Å². The summed E-state index contributed by atoms with van der Waals surface area (Å²) >= 11 is 0.